The van der Waals surface area contributed by atoms with E-state index >= 15 is 0 Å². The van der Waals surface area contributed by atoms with Gasteiger partial charge in [-0.25, -0.2) is 8.78 Å². The van der Waals surface area contributed by atoms with Crippen LogP contribution >= 0.6 is 0 Å². The zero-order chi connectivity index (χ0) is 8.77. The fourth-order valence-electron chi connectivity index (χ4n) is 1.45. The zero-order valence-electron chi connectivity index (χ0n) is 6.68. The molecule has 1 aliphatic carbocycles. The van der Waals surface area contributed by atoms with Crippen molar-refractivity contribution in [2.75, 3.05) is 0 Å². The topological polar surface area (TPSA) is 26.0 Å². The number of hydrogen-bond acceptors (Lipinski definition) is 2. The smallest absolute Gasteiger partial charge is 0.249 e. The van der Waals surface area contributed by atoms with Crippen molar-refractivity contribution < 1.29 is 13.3 Å². The van der Waals surface area contributed by atoms with Crippen LogP contribution < -0.4 is 0 Å². The van der Waals surface area contributed by atoms with Crippen molar-refractivity contribution in [3.05, 3.63) is 17.5 Å². The lowest BCUT2D eigenvalue weighted by atomic mass is 9.79. The summed E-state index contributed by atoms with van der Waals surface area (Å²) in [5.74, 6) is -1.89. The van der Waals surface area contributed by atoms with Crippen molar-refractivity contribution in [1.82, 2.24) is 5.16 Å². The van der Waals surface area contributed by atoms with Crippen molar-refractivity contribution >= 4 is 0 Å². The van der Waals surface area contributed by atoms with Gasteiger partial charge in [0.05, 0.1) is 5.69 Å². The van der Waals surface area contributed by atoms with E-state index in [1.807, 2.05) is 0 Å². The highest BCUT2D eigenvalue weighted by atomic mass is 19.3. The van der Waals surface area contributed by atoms with Gasteiger partial charge in [-0.3, -0.25) is 0 Å². The van der Waals surface area contributed by atoms with Crippen LogP contribution in [0.25, 0.3) is 0 Å². The molecule has 0 aromatic carbocycles. The van der Waals surface area contributed by atoms with Crippen LogP contribution in [0.5, 0.6) is 0 Å². The third-order valence-electron chi connectivity index (χ3n) is 2.15. The summed E-state index contributed by atoms with van der Waals surface area (Å²) in [7, 11) is 0. The molecule has 12 heavy (non-hydrogen) atoms. The van der Waals surface area contributed by atoms with Crippen molar-refractivity contribution in [1.29, 1.82) is 0 Å². The summed E-state index contributed by atoms with van der Waals surface area (Å²) in [6.07, 6.45) is -0.169. The molecule has 1 aromatic rings. The average Bonchev–Trinajstić information content (AvgIpc) is 2.30. The van der Waals surface area contributed by atoms with Crippen LogP contribution in [0.4, 0.5) is 8.78 Å². The predicted octanol–water partition coefficient (Wildman–Crippen LogP) is 2.50. The highest BCUT2D eigenvalue weighted by molar-refractivity contribution is 5.15. The molecule has 0 amide bonds. The lowest BCUT2D eigenvalue weighted by molar-refractivity contribution is -0.0880. The number of nitrogens with zero attached hydrogens (tertiary/aromatic N) is 1. The van der Waals surface area contributed by atoms with Crippen molar-refractivity contribution in [2.45, 2.75) is 31.6 Å². The molecule has 1 saturated carbocycles. The summed E-state index contributed by atoms with van der Waals surface area (Å²) in [4.78, 5) is 0. The Hall–Kier alpha value is -0.930. The maximum Gasteiger partial charge on any atom is 0.249 e. The first-order valence-electron chi connectivity index (χ1n) is 3.88. The molecule has 2 nitrogen and oxygen atoms in total. The summed E-state index contributed by atoms with van der Waals surface area (Å²) in [6, 6.07) is 1.72. The van der Waals surface area contributed by atoms with Crippen LogP contribution in [0, 0.1) is 6.92 Å². The number of aromatic nitrogens is 1. The van der Waals surface area contributed by atoms with Crippen LogP contribution in [-0.2, 0) is 0 Å². The Kier molecular flexibility index (Phi) is 1.46. The average molecular weight is 173 g/mol. The Balaban J connectivity index is 2.06. The zero-order valence-corrected chi connectivity index (χ0v) is 6.68. The van der Waals surface area contributed by atoms with E-state index in [4.69, 9.17) is 4.52 Å². The molecule has 0 radical (unpaired) electrons. The Labute approximate surface area is 68.5 Å². The Morgan fingerprint density at radius 1 is 1.58 bits per heavy atom. The van der Waals surface area contributed by atoms with Crippen molar-refractivity contribution in [2.24, 2.45) is 0 Å². The van der Waals surface area contributed by atoms with Gasteiger partial charge >= 0.3 is 0 Å². The predicted molar refractivity (Wildman–Crippen MR) is 38.2 cm³/mol. The van der Waals surface area contributed by atoms with E-state index in [2.05, 4.69) is 5.16 Å². The number of rotatable bonds is 1. The SMILES string of the molecule is Cc1cc(C2CC(F)(F)C2)no1. The van der Waals surface area contributed by atoms with Gasteiger partial charge in [-0.2, -0.15) is 0 Å². The molecule has 1 aliphatic rings. The lowest BCUT2D eigenvalue weighted by Crippen LogP contribution is -2.33. The molecule has 0 saturated heterocycles. The molecule has 0 N–H and O–H groups in total. The summed E-state index contributed by atoms with van der Waals surface area (Å²) < 4.78 is 29.6. The number of hydrogen-bond donors (Lipinski definition) is 0. The summed E-state index contributed by atoms with van der Waals surface area (Å²) in [6.45, 7) is 1.76. The van der Waals surface area contributed by atoms with E-state index in [1.54, 1.807) is 13.0 Å². The van der Waals surface area contributed by atoms with E-state index < -0.39 is 5.92 Å². The minimum Gasteiger partial charge on any atom is -0.361 e. The van der Waals surface area contributed by atoms with Gasteiger partial charge in [-0.05, 0) is 6.92 Å². The number of halogens is 2. The van der Waals surface area contributed by atoms with E-state index in [0.29, 0.717) is 11.5 Å². The van der Waals surface area contributed by atoms with Gasteiger partial charge in [0.25, 0.3) is 0 Å². The fraction of sp³-hybridized carbons (Fsp3) is 0.625. The molecular formula is C8H9F2NO. The third kappa shape index (κ3) is 1.21. The molecule has 0 aliphatic heterocycles. The molecule has 0 spiro atoms. The van der Waals surface area contributed by atoms with Crippen LogP contribution in [0.15, 0.2) is 10.6 Å². The molecule has 4 heteroatoms. The fourth-order valence-corrected chi connectivity index (χ4v) is 1.45. The Morgan fingerprint density at radius 3 is 2.67 bits per heavy atom. The normalized spacial score (nSPS) is 22.2. The molecule has 66 valence electrons. The lowest BCUT2D eigenvalue weighted by Gasteiger charge is -2.33. The van der Waals surface area contributed by atoms with Gasteiger partial charge in [-0.1, -0.05) is 5.16 Å². The van der Waals surface area contributed by atoms with Gasteiger partial charge in [0, 0.05) is 24.8 Å². The van der Waals surface area contributed by atoms with Crippen LogP contribution in [0.1, 0.15) is 30.2 Å². The minimum absolute atomic E-state index is 0.0844. The van der Waals surface area contributed by atoms with Crippen LogP contribution in [0.2, 0.25) is 0 Å². The largest absolute Gasteiger partial charge is 0.361 e. The molecule has 0 unspecified atom stereocenters. The van der Waals surface area contributed by atoms with Gasteiger partial charge in [0.1, 0.15) is 5.76 Å². The number of aryl methyl sites for hydroxylation is 1. The van der Waals surface area contributed by atoms with E-state index in [1.165, 1.54) is 0 Å². The summed E-state index contributed by atoms with van der Waals surface area (Å²) in [5, 5.41) is 3.70. The first kappa shape index (κ1) is 7.71. The van der Waals surface area contributed by atoms with E-state index in [-0.39, 0.29) is 18.8 Å². The molecule has 0 atom stereocenters. The standard InChI is InChI=1S/C8H9F2NO/c1-5-2-7(11-12-5)6-3-8(9,10)4-6/h2,6H,3-4H2,1H3. The molecular weight excluding hydrogens is 164 g/mol. The van der Waals surface area contributed by atoms with Gasteiger partial charge in [-0.15, -0.1) is 0 Å². The van der Waals surface area contributed by atoms with Crippen LogP contribution in [0.3, 0.4) is 0 Å². The highest BCUT2D eigenvalue weighted by Gasteiger charge is 2.47. The van der Waals surface area contributed by atoms with Gasteiger partial charge < -0.3 is 4.52 Å². The van der Waals surface area contributed by atoms with Crippen LogP contribution in [-0.4, -0.2) is 11.1 Å². The number of alkyl halides is 2. The highest BCUT2D eigenvalue weighted by Crippen LogP contribution is 2.47. The molecule has 0 bridgehead atoms. The van der Waals surface area contributed by atoms with Gasteiger partial charge in [0.2, 0.25) is 5.92 Å². The summed E-state index contributed by atoms with van der Waals surface area (Å²) in [5.41, 5.74) is 0.665. The maximum atomic E-state index is 12.4. The quantitative estimate of drug-likeness (QED) is 0.652. The monoisotopic (exact) mass is 173 g/mol. The Bertz CT molecular complexity index is 287. The van der Waals surface area contributed by atoms with Gasteiger partial charge in [0.15, 0.2) is 0 Å². The first-order chi connectivity index (χ1) is 5.57. The van der Waals surface area contributed by atoms with Crippen molar-refractivity contribution in [3.63, 3.8) is 0 Å². The second kappa shape index (κ2) is 2.28. The van der Waals surface area contributed by atoms with E-state index in [0.717, 1.165) is 0 Å². The Morgan fingerprint density at radius 2 is 2.25 bits per heavy atom. The summed E-state index contributed by atoms with van der Waals surface area (Å²) >= 11 is 0. The third-order valence-corrected chi connectivity index (χ3v) is 2.15. The maximum absolute atomic E-state index is 12.4. The first-order valence-corrected chi connectivity index (χ1v) is 3.88. The molecule has 2 rings (SSSR count). The second-order valence-electron chi connectivity index (χ2n) is 3.32. The van der Waals surface area contributed by atoms with E-state index in [9.17, 15) is 8.78 Å². The molecule has 1 heterocycles. The minimum atomic E-state index is -2.47. The second-order valence-corrected chi connectivity index (χ2v) is 3.32. The molecule has 1 aromatic heterocycles. The van der Waals surface area contributed by atoms with Crippen molar-refractivity contribution in [3.8, 4) is 0 Å². The molecule has 1 fully saturated rings.